The van der Waals surface area contributed by atoms with Crippen LogP contribution in [-0.2, 0) is 17.6 Å². The number of hydrogen-bond acceptors (Lipinski definition) is 3. The Bertz CT molecular complexity index is 1090. The van der Waals surface area contributed by atoms with Gasteiger partial charge in [-0.1, -0.05) is 42.5 Å². The van der Waals surface area contributed by atoms with Crippen LogP contribution in [0.4, 0.5) is 0 Å². The minimum absolute atomic E-state index is 0.00396. The van der Waals surface area contributed by atoms with E-state index in [1.165, 1.54) is 4.42 Å². The second-order valence-corrected chi connectivity index (χ2v) is 8.38. The predicted octanol–water partition coefficient (Wildman–Crippen LogP) is 5.82. The third kappa shape index (κ3) is 5.68. The summed E-state index contributed by atoms with van der Waals surface area (Å²) >= 11 is 6.21. The van der Waals surface area contributed by atoms with Crippen LogP contribution in [0.25, 0.3) is 0 Å². The molecule has 5 nitrogen and oxygen atoms in total. The minimum atomic E-state index is -0.849. The van der Waals surface area contributed by atoms with Gasteiger partial charge in [0.1, 0.15) is 11.5 Å². The van der Waals surface area contributed by atoms with Crippen molar-refractivity contribution < 1.29 is 19.4 Å². The van der Waals surface area contributed by atoms with Crippen molar-refractivity contribution in [3.05, 3.63) is 95.1 Å². The van der Waals surface area contributed by atoms with E-state index in [4.69, 9.17) is 21.6 Å². The summed E-state index contributed by atoms with van der Waals surface area (Å²) in [5.74, 6) is 0.639. The van der Waals surface area contributed by atoms with Gasteiger partial charge < -0.3 is 9.84 Å². The summed E-state index contributed by atoms with van der Waals surface area (Å²) in [6.07, 6.45) is 2.83. The van der Waals surface area contributed by atoms with Gasteiger partial charge in [0.05, 0.1) is 6.42 Å². The number of carbonyl (C=O) groups is 2. The fourth-order valence-electron chi connectivity index (χ4n) is 3.59. The number of rotatable bonds is 9. The highest BCUT2D eigenvalue weighted by atomic mass is 35.5. The van der Waals surface area contributed by atoms with Gasteiger partial charge in [-0.25, -0.2) is 0 Å². The van der Waals surface area contributed by atoms with Gasteiger partial charge in [-0.2, -0.15) is 0 Å². The van der Waals surface area contributed by atoms with Crippen LogP contribution in [0.3, 0.4) is 0 Å². The molecule has 1 amide bonds. The van der Waals surface area contributed by atoms with Crippen LogP contribution in [0.2, 0.25) is 0 Å². The molecule has 0 bridgehead atoms. The van der Waals surface area contributed by atoms with Gasteiger partial charge in [0.2, 0.25) is 0 Å². The van der Waals surface area contributed by atoms with Crippen molar-refractivity contribution in [3.63, 3.8) is 0 Å². The molecule has 1 saturated carbocycles. The summed E-state index contributed by atoms with van der Waals surface area (Å²) in [5, 5.41) is 9.05. The monoisotopic (exact) mass is 449 g/mol. The van der Waals surface area contributed by atoms with Gasteiger partial charge in [0.15, 0.2) is 0 Å². The van der Waals surface area contributed by atoms with E-state index in [0.29, 0.717) is 30.2 Å². The van der Waals surface area contributed by atoms with Gasteiger partial charge in [0.25, 0.3) is 5.91 Å². The zero-order valence-electron chi connectivity index (χ0n) is 17.5. The molecule has 1 N–H and O–H groups in total. The van der Waals surface area contributed by atoms with Gasteiger partial charge in [-0.05, 0) is 72.2 Å². The lowest BCUT2D eigenvalue weighted by Crippen LogP contribution is -2.23. The molecule has 164 valence electrons. The van der Waals surface area contributed by atoms with E-state index in [1.807, 2.05) is 42.5 Å². The molecule has 0 aromatic heterocycles. The Labute approximate surface area is 192 Å². The maximum absolute atomic E-state index is 12.6. The standard InChI is InChI=1S/C26H24ClNO4/c27-28(15-14-18-4-2-1-3-5-18)26(31)21-9-11-22(12-10-21)32-24-13-6-19(17-25(29)30)16-23(24)20-7-8-20/h1-6,9-13,16,20H,7-8,14-15,17H2,(H,29,30). The molecule has 1 aliphatic carbocycles. The van der Waals surface area contributed by atoms with Crippen molar-refractivity contribution in [1.82, 2.24) is 4.42 Å². The van der Waals surface area contributed by atoms with Crippen LogP contribution >= 0.6 is 11.8 Å². The molecule has 0 atom stereocenters. The maximum Gasteiger partial charge on any atom is 0.307 e. The molecule has 0 saturated heterocycles. The van der Waals surface area contributed by atoms with Crippen LogP contribution in [0.5, 0.6) is 11.5 Å². The molecule has 6 heteroatoms. The van der Waals surface area contributed by atoms with Crippen molar-refractivity contribution in [2.45, 2.75) is 31.6 Å². The highest BCUT2D eigenvalue weighted by Gasteiger charge is 2.27. The van der Waals surface area contributed by atoms with Crippen LogP contribution in [0, 0.1) is 0 Å². The quantitative estimate of drug-likeness (QED) is 0.418. The Balaban J connectivity index is 1.40. The van der Waals surface area contributed by atoms with E-state index in [0.717, 1.165) is 35.3 Å². The first kappa shape index (κ1) is 21.9. The molecule has 0 aliphatic heterocycles. The smallest absolute Gasteiger partial charge is 0.307 e. The summed E-state index contributed by atoms with van der Waals surface area (Å²) in [5.41, 5.74) is 3.41. The number of amides is 1. The summed E-state index contributed by atoms with van der Waals surface area (Å²) < 4.78 is 7.27. The number of carbonyl (C=O) groups excluding carboxylic acids is 1. The lowest BCUT2D eigenvalue weighted by Gasteiger charge is -2.15. The van der Waals surface area contributed by atoms with Crippen molar-refractivity contribution in [2.75, 3.05) is 6.54 Å². The normalized spacial score (nSPS) is 12.9. The Morgan fingerprint density at radius 3 is 2.34 bits per heavy atom. The third-order valence-corrected chi connectivity index (χ3v) is 5.76. The molecule has 1 fully saturated rings. The molecule has 0 spiro atoms. The second kappa shape index (κ2) is 9.88. The number of benzene rings is 3. The Morgan fingerprint density at radius 2 is 1.69 bits per heavy atom. The first-order valence-corrected chi connectivity index (χ1v) is 11.0. The van der Waals surface area contributed by atoms with Crippen LogP contribution < -0.4 is 4.74 Å². The van der Waals surface area contributed by atoms with Gasteiger partial charge in [-0.15, -0.1) is 0 Å². The van der Waals surface area contributed by atoms with Crippen molar-refractivity contribution in [2.24, 2.45) is 0 Å². The molecule has 0 radical (unpaired) electrons. The number of hydrogen-bond donors (Lipinski definition) is 1. The van der Waals surface area contributed by atoms with E-state index in [-0.39, 0.29) is 12.3 Å². The fourth-order valence-corrected chi connectivity index (χ4v) is 3.78. The van der Waals surface area contributed by atoms with E-state index in [9.17, 15) is 9.59 Å². The molecule has 3 aromatic rings. The van der Waals surface area contributed by atoms with E-state index >= 15 is 0 Å². The molecule has 0 heterocycles. The number of nitrogens with zero attached hydrogens (tertiary/aromatic N) is 1. The second-order valence-electron chi connectivity index (χ2n) is 7.97. The van der Waals surface area contributed by atoms with Gasteiger partial charge in [0, 0.05) is 23.9 Å². The zero-order valence-corrected chi connectivity index (χ0v) is 18.3. The number of aliphatic carboxylic acids is 1. The molecular formula is C26H24ClNO4. The summed E-state index contributed by atoms with van der Waals surface area (Å²) in [6, 6.07) is 22.3. The van der Waals surface area contributed by atoms with E-state index in [2.05, 4.69) is 0 Å². The number of halogens is 1. The SMILES string of the molecule is O=C(O)Cc1ccc(Oc2ccc(C(=O)N(Cl)CCc3ccccc3)cc2)c(C2CC2)c1. The summed E-state index contributed by atoms with van der Waals surface area (Å²) in [7, 11) is 0. The zero-order chi connectivity index (χ0) is 22.5. The minimum Gasteiger partial charge on any atom is -0.481 e. The average Bonchev–Trinajstić information content (AvgIpc) is 3.64. The average molecular weight is 450 g/mol. The van der Waals surface area contributed by atoms with Gasteiger partial charge in [-0.3, -0.25) is 14.0 Å². The first-order valence-electron chi connectivity index (χ1n) is 10.6. The highest BCUT2D eigenvalue weighted by Crippen LogP contribution is 2.45. The van der Waals surface area contributed by atoms with Crippen molar-refractivity contribution in [3.8, 4) is 11.5 Å². The largest absolute Gasteiger partial charge is 0.481 e. The third-order valence-electron chi connectivity index (χ3n) is 5.44. The first-order chi connectivity index (χ1) is 15.5. The Morgan fingerprint density at radius 1 is 0.969 bits per heavy atom. The molecule has 1 aliphatic rings. The number of ether oxygens (including phenoxy) is 1. The molecule has 4 rings (SSSR count). The van der Waals surface area contributed by atoms with Crippen LogP contribution in [-0.4, -0.2) is 27.9 Å². The molecular weight excluding hydrogens is 426 g/mol. The molecule has 3 aromatic carbocycles. The Hall–Kier alpha value is -3.31. The number of carboxylic acids is 1. The van der Waals surface area contributed by atoms with Crippen molar-refractivity contribution >= 4 is 23.7 Å². The lowest BCUT2D eigenvalue weighted by atomic mass is 10.0. The topological polar surface area (TPSA) is 66.8 Å². The molecule has 32 heavy (non-hydrogen) atoms. The maximum atomic E-state index is 12.6. The van der Waals surface area contributed by atoms with E-state index in [1.54, 1.807) is 30.3 Å². The van der Waals surface area contributed by atoms with Crippen LogP contribution in [0.1, 0.15) is 45.8 Å². The van der Waals surface area contributed by atoms with Crippen molar-refractivity contribution in [1.29, 1.82) is 0 Å². The highest BCUT2D eigenvalue weighted by molar-refractivity contribution is 6.24. The van der Waals surface area contributed by atoms with Gasteiger partial charge >= 0.3 is 5.97 Å². The summed E-state index contributed by atoms with van der Waals surface area (Å²) in [4.78, 5) is 23.6. The lowest BCUT2D eigenvalue weighted by molar-refractivity contribution is -0.136. The number of carboxylic acid groups (broad SMARTS) is 1. The summed E-state index contributed by atoms with van der Waals surface area (Å²) in [6.45, 7) is 0.413. The predicted molar refractivity (Wildman–Crippen MR) is 123 cm³/mol. The van der Waals surface area contributed by atoms with E-state index < -0.39 is 5.97 Å². The molecule has 0 unspecified atom stereocenters. The Kier molecular flexibility index (Phi) is 6.76. The fraction of sp³-hybridized carbons (Fsp3) is 0.231. The van der Waals surface area contributed by atoms with Crippen LogP contribution in [0.15, 0.2) is 72.8 Å².